The Kier molecular flexibility index (Phi) is 6.21. The number of nitrogens with zero attached hydrogens (tertiary/aromatic N) is 1. The van der Waals surface area contributed by atoms with Crippen molar-refractivity contribution in [3.63, 3.8) is 0 Å². The van der Waals surface area contributed by atoms with Crippen LogP contribution in [0.15, 0.2) is 48.5 Å². The van der Waals surface area contributed by atoms with Gasteiger partial charge in [0, 0.05) is 29.1 Å². The van der Waals surface area contributed by atoms with Gasteiger partial charge < -0.3 is 9.64 Å². The third-order valence-electron chi connectivity index (χ3n) is 4.13. The minimum atomic E-state index is -0.458. The molecule has 1 aliphatic heterocycles. The minimum absolute atomic E-state index is 0.106. The number of benzene rings is 2. The second-order valence-electron chi connectivity index (χ2n) is 5.77. The molecule has 132 valence electrons. The van der Waals surface area contributed by atoms with Crippen LogP contribution in [-0.2, 0) is 4.79 Å². The van der Waals surface area contributed by atoms with E-state index in [1.165, 1.54) is 12.1 Å². The molecule has 0 spiro atoms. The predicted octanol–water partition coefficient (Wildman–Crippen LogP) is 4.56. The molecule has 0 saturated carbocycles. The molecule has 2 aromatic carbocycles. The lowest BCUT2D eigenvalue weighted by atomic mass is 10.1. The second kappa shape index (κ2) is 8.59. The molecule has 1 amide bonds. The highest BCUT2D eigenvalue weighted by Crippen LogP contribution is 2.37. The van der Waals surface area contributed by atoms with Crippen LogP contribution < -0.4 is 4.74 Å². The van der Waals surface area contributed by atoms with Crippen LogP contribution in [0.3, 0.4) is 0 Å². The lowest BCUT2D eigenvalue weighted by molar-refractivity contribution is -0.133. The number of amides is 1. The summed E-state index contributed by atoms with van der Waals surface area (Å²) in [5.74, 6) is 0.361. The molecular weight excluding hydrogens is 361 g/mol. The summed E-state index contributed by atoms with van der Waals surface area (Å²) in [5, 5.41) is 1.04. The van der Waals surface area contributed by atoms with E-state index in [9.17, 15) is 9.18 Å². The molecule has 1 aliphatic rings. The zero-order valence-electron chi connectivity index (χ0n) is 13.7. The van der Waals surface area contributed by atoms with Gasteiger partial charge in [0.1, 0.15) is 0 Å². The van der Waals surface area contributed by atoms with Gasteiger partial charge in [0.15, 0.2) is 18.2 Å². The number of hydrogen-bond donors (Lipinski definition) is 0. The molecule has 0 unspecified atom stereocenters. The van der Waals surface area contributed by atoms with E-state index in [4.69, 9.17) is 16.3 Å². The van der Waals surface area contributed by atoms with Crippen LogP contribution in [-0.4, -0.2) is 36.3 Å². The van der Waals surface area contributed by atoms with Crippen LogP contribution in [0.2, 0.25) is 5.02 Å². The van der Waals surface area contributed by atoms with Crippen molar-refractivity contribution in [2.24, 2.45) is 0 Å². The average molecular weight is 380 g/mol. The van der Waals surface area contributed by atoms with Crippen molar-refractivity contribution < 1.29 is 13.9 Å². The zero-order chi connectivity index (χ0) is 17.6. The molecule has 0 bridgehead atoms. The molecule has 0 aliphatic carbocycles. The maximum Gasteiger partial charge on any atom is 0.260 e. The Hall–Kier alpha value is -1.72. The quantitative estimate of drug-likeness (QED) is 0.779. The molecule has 1 heterocycles. The van der Waals surface area contributed by atoms with Gasteiger partial charge in [-0.2, -0.15) is 11.8 Å². The first-order chi connectivity index (χ1) is 12.1. The van der Waals surface area contributed by atoms with Gasteiger partial charge in [-0.3, -0.25) is 4.79 Å². The molecule has 0 radical (unpaired) electrons. The smallest absolute Gasteiger partial charge is 0.260 e. The van der Waals surface area contributed by atoms with E-state index >= 15 is 0 Å². The highest BCUT2D eigenvalue weighted by molar-refractivity contribution is 7.99. The highest BCUT2D eigenvalue weighted by Gasteiger charge is 2.23. The van der Waals surface area contributed by atoms with Crippen molar-refractivity contribution in [2.45, 2.75) is 11.7 Å². The van der Waals surface area contributed by atoms with Crippen molar-refractivity contribution >= 4 is 29.3 Å². The first-order valence-electron chi connectivity index (χ1n) is 8.16. The fraction of sp³-hybridized carbons (Fsp3) is 0.316. The van der Waals surface area contributed by atoms with Crippen LogP contribution in [0.5, 0.6) is 5.75 Å². The van der Waals surface area contributed by atoms with E-state index in [1.807, 2.05) is 36.0 Å². The van der Waals surface area contributed by atoms with Crippen molar-refractivity contribution in [1.82, 2.24) is 4.90 Å². The molecule has 1 atom stereocenters. The molecule has 0 N–H and O–H groups in total. The molecular formula is C19H19ClFNO2S. The summed E-state index contributed by atoms with van der Waals surface area (Å²) in [6.45, 7) is 1.15. The molecule has 0 aromatic heterocycles. The molecule has 3 rings (SSSR count). The maximum absolute atomic E-state index is 13.6. The number of thioether (sulfide) groups is 1. The number of halogens is 2. The highest BCUT2D eigenvalue weighted by atomic mass is 35.5. The Morgan fingerprint density at radius 1 is 1.20 bits per heavy atom. The Morgan fingerprint density at radius 3 is 2.76 bits per heavy atom. The number of carbonyl (C=O) groups excluding carboxylic acids is 1. The fourth-order valence-electron chi connectivity index (χ4n) is 2.80. The summed E-state index contributed by atoms with van der Waals surface area (Å²) in [6, 6.07) is 13.9. The summed E-state index contributed by atoms with van der Waals surface area (Å²) >= 11 is 8.10. The van der Waals surface area contributed by atoms with E-state index in [0.717, 1.165) is 22.8 Å². The Morgan fingerprint density at radius 2 is 1.96 bits per heavy atom. The SMILES string of the molecule is O=C(COc1ccccc1F)N1CCS[C@@H](c2ccccc2Cl)CC1. The number of rotatable bonds is 4. The van der Waals surface area contributed by atoms with Crippen LogP contribution in [0.1, 0.15) is 17.2 Å². The standard InChI is InChI=1S/C19H19ClFNO2S/c20-15-6-2-1-5-14(15)18-9-10-22(11-12-25-18)19(23)13-24-17-8-4-3-7-16(17)21/h1-8,18H,9-13H2/t18-/m1/s1. The zero-order valence-corrected chi connectivity index (χ0v) is 15.2. The van der Waals surface area contributed by atoms with Gasteiger partial charge in [0.2, 0.25) is 0 Å². The van der Waals surface area contributed by atoms with Gasteiger partial charge in [-0.1, -0.05) is 41.9 Å². The van der Waals surface area contributed by atoms with Crippen LogP contribution >= 0.6 is 23.4 Å². The molecule has 25 heavy (non-hydrogen) atoms. The number of carbonyl (C=O) groups is 1. The number of hydrogen-bond acceptors (Lipinski definition) is 3. The summed E-state index contributed by atoms with van der Waals surface area (Å²) in [4.78, 5) is 14.2. The lowest BCUT2D eigenvalue weighted by Crippen LogP contribution is -2.36. The maximum atomic E-state index is 13.6. The van der Waals surface area contributed by atoms with Gasteiger partial charge in [-0.25, -0.2) is 4.39 Å². The van der Waals surface area contributed by atoms with E-state index < -0.39 is 5.82 Å². The largest absolute Gasteiger partial charge is 0.481 e. The van der Waals surface area contributed by atoms with Gasteiger partial charge in [-0.15, -0.1) is 0 Å². The number of ether oxygens (including phenoxy) is 1. The fourth-order valence-corrected chi connectivity index (χ4v) is 4.40. The Labute approximate surface area is 156 Å². The first-order valence-corrected chi connectivity index (χ1v) is 9.59. The first kappa shape index (κ1) is 18.1. The van der Waals surface area contributed by atoms with Crippen LogP contribution in [0.4, 0.5) is 4.39 Å². The van der Waals surface area contributed by atoms with E-state index in [2.05, 4.69) is 0 Å². The molecule has 2 aromatic rings. The van der Waals surface area contributed by atoms with Gasteiger partial charge in [0.05, 0.1) is 0 Å². The van der Waals surface area contributed by atoms with E-state index in [-0.39, 0.29) is 23.5 Å². The summed E-state index contributed by atoms with van der Waals surface area (Å²) in [7, 11) is 0. The molecule has 6 heteroatoms. The van der Waals surface area contributed by atoms with Crippen LogP contribution in [0.25, 0.3) is 0 Å². The predicted molar refractivity (Wildman–Crippen MR) is 99.7 cm³/mol. The summed E-state index contributed by atoms with van der Waals surface area (Å²) in [5.41, 5.74) is 1.12. The van der Waals surface area contributed by atoms with Crippen LogP contribution in [0, 0.1) is 5.82 Å². The summed E-state index contributed by atoms with van der Waals surface area (Å²) < 4.78 is 18.9. The van der Waals surface area contributed by atoms with Crippen molar-refractivity contribution in [1.29, 1.82) is 0 Å². The summed E-state index contributed by atoms with van der Waals surface area (Å²) in [6.07, 6.45) is 0.833. The normalized spacial score (nSPS) is 17.8. The van der Waals surface area contributed by atoms with Gasteiger partial charge in [0.25, 0.3) is 5.91 Å². The molecule has 3 nitrogen and oxygen atoms in total. The van der Waals surface area contributed by atoms with Gasteiger partial charge in [-0.05, 0) is 30.2 Å². The third kappa shape index (κ3) is 4.67. The third-order valence-corrected chi connectivity index (χ3v) is 5.79. The monoisotopic (exact) mass is 379 g/mol. The average Bonchev–Trinajstić information content (AvgIpc) is 2.87. The van der Waals surface area contributed by atoms with Gasteiger partial charge >= 0.3 is 0 Å². The van der Waals surface area contributed by atoms with E-state index in [1.54, 1.807) is 17.0 Å². The minimum Gasteiger partial charge on any atom is -0.481 e. The Bertz CT molecular complexity index is 743. The van der Waals surface area contributed by atoms with Crippen molar-refractivity contribution in [3.05, 3.63) is 64.9 Å². The number of para-hydroxylation sites is 1. The Balaban J connectivity index is 1.56. The lowest BCUT2D eigenvalue weighted by Gasteiger charge is -2.20. The van der Waals surface area contributed by atoms with Crippen molar-refractivity contribution in [2.75, 3.05) is 25.4 Å². The van der Waals surface area contributed by atoms with Crippen molar-refractivity contribution in [3.8, 4) is 5.75 Å². The second-order valence-corrected chi connectivity index (χ2v) is 7.49. The van der Waals surface area contributed by atoms with E-state index in [0.29, 0.717) is 13.1 Å². The molecule has 1 saturated heterocycles. The molecule has 1 fully saturated rings. The topological polar surface area (TPSA) is 29.5 Å².